The molecule has 3 rings (SSSR count). The average Bonchev–Trinajstić information content (AvgIpc) is 2.44. The Morgan fingerprint density at radius 2 is 1.84 bits per heavy atom. The quantitative estimate of drug-likeness (QED) is 0.845. The van der Waals surface area contributed by atoms with Crippen molar-refractivity contribution in [1.82, 2.24) is 0 Å². The van der Waals surface area contributed by atoms with Crippen LogP contribution in [0.25, 0.3) is 0 Å². The molecule has 0 bridgehead atoms. The van der Waals surface area contributed by atoms with Crippen molar-refractivity contribution in [3.8, 4) is 0 Å². The molecule has 0 aromatic heterocycles. The lowest BCUT2D eigenvalue weighted by Crippen LogP contribution is -2.27. The second-order valence-corrected chi connectivity index (χ2v) is 6.12. The number of benzene rings is 2. The van der Waals surface area contributed by atoms with Crippen molar-refractivity contribution < 1.29 is 0 Å². The molecule has 98 valence electrons. The number of rotatable bonds is 2. The van der Waals surface area contributed by atoms with Crippen LogP contribution in [0.15, 0.2) is 46.9 Å². The van der Waals surface area contributed by atoms with Crippen LogP contribution in [0.4, 0.5) is 5.69 Å². The van der Waals surface area contributed by atoms with Crippen molar-refractivity contribution in [2.24, 2.45) is 0 Å². The molecule has 0 radical (unpaired) electrons. The minimum Gasteiger partial charge on any atom is -0.382 e. The zero-order valence-corrected chi connectivity index (χ0v) is 12.7. The molecule has 1 aliphatic rings. The van der Waals surface area contributed by atoms with E-state index in [9.17, 15) is 0 Å². The molecule has 1 N–H and O–H groups in total. The molecule has 2 aromatic carbocycles. The van der Waals surface area contributed by atoms with E-state index >= 15 is 0 Å². The van der Waals surface area contributed by atoms with E-state index in [4.69, 9.17) is 0 Å². The van der Waals surface area contributed by atoms with Gasteiger partial charge in [0.2, 0.25) is 0 Å². The molecule has 1 nitrogen and oxygen atoms in total. The van der Waals surface area contributed by atoms with E-state index in [0.29, 0.717) is 6.04 Å². The fourth-order valence-electron chi connectivity index (χ4n) is 2.80. The van der Waals surface area contributed by atoms with Gasteiger partial charge in [0.05, 0.1) is 0 Å². The smallest absolute Gasteiger partial charge is 0.0383 e. The fraction of sp³-hybridized carbons (Fsp3) is 0.294. The average molecular weight is 316 g/mol. The van der Waals surface area contributed by atoms with E-state index < -0.39 is 0 Å². The third kappa shape index (κ3) is 2.69. The highest BCUT2D eigenvalue weighted by Gasteiger charge is 2.18. The summed E-state index contributed by atoms with van der Waals surface area (Å²) in [5.74, 6) is 0. The minimum atomic E-state index is 0.544. The van der Waals surface area contributed by atoms with Gasteiger partial charge in [-0.05, 0) is 55.0 Å². The van der Waals surface area contributed by atoms with Gasteiger partial charge in [0.25, 0.3) is 0 Å². The lowest BCUT2D eigenvalue weighted by atomic mass is 9.88. The molecule has 1 unspecified atom stereocenters. The first-order chi connectivity index (χ1) is 9.24. The highest BCUT2D eigenvalue weighted by molar-refractivity contribution is 9.10. The zero-order chi connectivity index (χ0) is 13.2. The van der Waals surface area contributed by atoms with Gasteiger partial charge in [-0.3, -0.25) is 0 Å². The maximum Gasteiger partial charge on any atom is 0.0383 e. The van der Waals surface area contributed by atoms with Crippen LogP contribution in [0.3, 0.4) is 0 Å². The van der Waals surface area contributed by atoms with E-state index in [2.05, 4.69) is 70.6 Å². The Morgan fingerprint density at radius 3 is 2.68 bits per heavy atom. The van der Waals surface area contributed by atoms with Crippen LogP contribution in [0.2, 0.25) is 0 Å². The van der Waals surface area contributed by atoms with Crippen LogP contribution < -0.4 is 5.32 Å². The van der Waals surface area contributed by atoms with Crippen molar-refractivity contribution in [1.29, 1.82) is 0 Å². The molecule has 0 saturated heterocycles. The summed E-state index contributed by atoms with van der Waals surface area (Å²) in [6, 6.07) is 15.7. The number of halogens is 1. The standard InChI is InChI=1S/C17H18BrN/c1-12-16(18)7-4-8-17(12)19-15-10-9-13-5-2-3-6-14(13)11-15/h2-8,15,19H,9-11H2,1H3. The van der Waals surface area contributed by atoms with Crippen LogP contribution >= 0.6 is 15.9 Å². The Bertz CT molecular complexity index is 592. The van der Waals surface area contributed by atoms with Gasteiger partial charge < -0.3 is 5.32 Å². The molecule has 2 aromatic rings. The summed E-state index contributed by atoms with van der Waals surface area (Å²) >= 11 is 3.60. The Hall–Kier alpha value is -1.28. The van der Waals surface area contributed by atoms with Gasteiger partial charge in [0.1, 0.15) is 0 Å². The first kappa shape index (κ1) is 12.7. The van der Waals surface area contributed by atoms with Crippen molar-refractivity contribution in [2.45, 2.75) is 32.2 Å². The summed E-state index contributed by atoms with van der Waals surface area (Å²) in [5.41, 5.74) is 5.56. The number of anilines is 1. The van der Waals surface area contributed by atoms with E-state index in [1.807, 2.05) is 0 Å². The van der Waals surface area contributed by atoms with Gasteiger partial charge >= 0.3 is 0 Å². The fourth-order valence-corrected chi connectivity index (χ4v) is 3.17. The molecule has 0 fully saturated rings. The van der Waals surface area contributed by atoms with Gasteiger partial charge in [-0.2, -0.15) is 0 Å². The van der Waals surface area contributed by atoms with Gasteiger partial charge in [0, 0.05) is 16.2 Å². The van der Waals surface area contributed by atoms with Crippen LogP contribution in [0.5, 0.6) is 0 Å². The van der Waals surface area contributed by atoms with Crippen molar-refractivity contribution >= 4 is 21.6 Å². The first-order valence-electron chi connectivity index (χ1n) is 6.82. The molecule has 0 aliphatic heterocycles. The van der Waals surface area contributed by atoms with Gasteiger partial charge in [-0.1, -0.05) is 46.3 Å². The highest BCUT2D eigenvalue weighted by atomic mass is 79.9. The summed E-state index contributed by atoms with van der Waals surface area (Å²) < 4.78 is 1.17. The predicted molar refractivity (Wildman–Crippen MR) is 84.8 cm³/mol. The zero-order valence-electron chi connectivity index (χ0n) is 11.1. The van der Waals surface area contributed by atoms with Gasteiger partial charge in [-0.25, -0.2) is 0 Å². The molecule has 2 heteroatoms. The third-order valence-electron chi connectivity index (χ3n) is 3.97. The number of hydrogen-bond donors (Lipinski definition) is 1. The number of hydrogen-bond acceptors (Lipinski definition) is 1. The van der Waals surface area contributed by atoms with Gasteiger partial charge in [0.15, 0.2) is 0 Å². The van der Waals surface area contributed by atoms with E-state index in [1.54, 1.807) is 0 Å². The molecular weight excluding hydrogens is 298 g/mol. The van der Waals surface area contributed by atoms with Gasteiger partial charge in [-0.15, -0.1) is 0 Å². The van der Waals surface area contributed by atoms with Crippen LogP contribution in [0, 0.1) is 6.92 Å². The molecular formula is C17H18BrN. The maximum absolute atomic E-state index is 3.70. The predicted octanol–water partition coefficient (Wildman–Crippen LogP) is 4.73. The molecule has 1 atom stereocenters. The third-order valence-corrected chi connectivity index (χ3v) is 4.83. The largest absolute Gasteiger partial charge is 0.382 e. The lowest BCUT2D eigenvalue weighted by molar-refractivity contribution is 0.610. The number of nitrogens with one attached hydrogen (secondary N) is 1. The lowest BCUT2D eigenvalue weighted by Gasteiger charge is -2.27. The second-order valence-electron chi connectivity index (χ2n) is 5.27. The monoisotopic (exact) mass is 315 g/mol. The highest BCUT2D eigenvalue weighted by Crippen LogP contribution is 2.27. The Balaban J connectivity index is 1.77. The van der Waals surface area contributed by atoms with Crippen molar-refractivity contribution in [3.05, 3.63) is 63.6 Å². The molecule has 0 heterocycles. The Labute approximate surface area is 123 Å². The summed E-state index contributed by atoms with van der Waals surface area (Å²) in [7, 11) is 0. The molecule has 0 amide bonds. The number of fused-ring (bicyclic) bond motifs is 1. The maximum atomic E-state index is 3.70. The van der Waals surface area contributed by atoms with E-state index in [0.717, 1.165) is 6.42 Å². The Morgan fingerprint density at radius 1 is 1.05 bits per heavy atom. The normalized spacial score (nSPS) is 17.9. The molecule has 0 spiro atoms. The molecule has 0 saturated carbocycles. The van der Waals surface area contributed by atoms with Crippen LogP contribution in [0.1, 0.15) is 23.1 Å². The SMILES string of the molecule is Cc1c(Br)cccc1NC1CCc2ccccc2C1. The molecule has 1 aliphatic carbocycles. The number of aryl methyl sites for hydroxylation is 1. The topological polar surface area (TPSA) is 12.0 Å². The first-order valence-corrected chi connectivity index (χ1v) is 7.62. The summed E-state index contributed by atoms with van der Waals surface area (Å²) in [4.78, 5) is 0. The van der Waals surface area contributed by atoms with E-state index in [1.165, 1.54) is 39.7 Å². The van der Waals surface area contributed by atoms with Crippen LogP contribution in [-0.4, -0.2) is 6.04 Å². The van der Waals surface area contributed by atoms with Crippen LogP contribution in [-0.2, 0) is 12.8 Å². The summed E-state index contributed by atoms with van der Waals surface area (Å²) in [6.45, 7) is 2.16. The minimum absolute atomic E-state index is 0.544. The van der Waals surface area contributed by atoms with Crippen molar-refractivity contribution in [2.75, 3.05) is 5.32 Å². The summed E-state index contributed by atoms with van der Waals surface area (Å²) in [5, 5.41) is 3.70. The second kappa shape index (κ2) is 5.38. The Kier molecular flexibility index (Phi) is 3.61. The van der Waals surface area contributed by atoms with E-state index in [-0.39, 0.29) is 0 Å². The summed E-state index contributed by atoms with van der Waals surface area (Å²) in [6.07, 6.45) is 3.52. The van der Waals surface area contributed by atoms with Crippen molar-refractivity contribution in [3.63, 3.8) is 0 Å². The molecule has 19 heavy (non-hydrogen) atoms.